The van der Waals surface area contributed by atoms with E-state index >= 15 is 0 Å². The van der Waals surface area contributed by atoms with Crippen LogP contribution in [-0.4, -0.2) is 29.6 Å². The van der Waals surface area contributed by atoms with Crippen LogP contribution in [0.4, 0.5) is 0 Å². The predicted molar refractivity (Wildman–Crippen MR) is 56.8 cm³/mol. The van der Waals surface area contributed by atoms with Gasteiger partial charge in [-0.3, -0.25) is 4.79 Å². The molecule has 0 radical (unpaired) electrons. The first-order valence-corrected chi connectivity index (χ1v) is 5.73. The number of hydrogen-bond donors (Lipinski definition) is 1. The van der Waals surface area contributed by atoms with E-state index in [1.165, 1.54) is 0 Å². The quantitative estimate of drug-likeness (QED) is 0.705. The van der Waals surface area contributed by atoms with Gasteiger partial charge in [0.05, 0.1) is 0 Å². The maximum atomic E-state index is 11.3. The van der Waals surface area contributed by atoms with E-state index in [2.05, 4.69) is 0 Å². The van der Waals surface area contributed by atoms with E-state index in [0.29, 0.717) is 6.42 Å². The molecule has 4 heteroatoms. The summed E-state index contributed by atoms with van der Waals surface area (Å²) in [5.41, 5.74) is 5.19. The van der Waals surface area contributed by atoms with Gasteiger partial charge in [-0.1, -0.05) is 0 Å². The van der Waals surface area contributed by atoms with Crippen molar-refractivity contribution in [2.24, 2.45) is 5.73 Å². The Balaban J connectivity index is 3.83. The minimum absolute atomic E-state index is 0.304. The lowest BCUT2D eigenvalue weighted by Crippen LogP contribution is -2.37. The number of ether oxygens (including phenoxy) is 1. The summed E-state index contributed by atoms with van der Waals surface area (Å²) >= 11 is 1.68. The Morgan fingerprint density at radius 2 is 2.08 bits per heavy atom. The van der Waals surface area contributed by atoms with Crippen LogP contribution in [0, 0.1) is 0 Å². The molecule has 0 unspecified atom stereocenters. The number of nitrogens with two attached hydrogens (primary N) is 1. The predicted octanol–water partition coefficient (Wildman–Crippen LogP) is 1.41. The van der Waals surface area contributed by atoms with Crippen LogP contribution in [0.2, 0.25) is 0 Å². The van der Waals surface area contributed by atoms with E-state index in [1.54, 1.807) is 11.8 Å². The standard InChI is InChI=1S/C9H19NO2S/c1-9(2,3)12-8(11)7(10)5-6-13-4/h7H,5-6,10H2,1-4H3/t7-/m1/s1. The molecule has 78 valence electrons. The van der Waals surface area contributed by atoms with Crippen LogP contribution in [0.5, 0.6) is 0 Å². The Morgan fingerprint density at radius 1 is 1.54 bits per heavy atom. The molecule has 13 heavy (non-hydrogen) atoms. The molecule has 1 atom stereocenters. The summed E-state index contributed by atoms with van der Waals surface area (Å²) in [4.78, 5) is 11.3. The molecule has 0 aliphatic carbocycles. The minimum atomic E-state index is -0.480. The second-order valence-corrected chi connectivity index (χ2v) is 4.91. The van der Waals surface area contributed by atoms with E-state index in [9.17, 15) is 4.79 Å². The largest absolute Gasteiger partial charge is 0.459 e. The lowest BCUT2D eigenvalue weighted by atomic mass is 10.2. The molecule has 0 amide bonds. The molecule has 0 aromatic heterocycles. The molecule has 0 aromatic carbocycles. The lowest BCUT2D eigenvalue weighted by Gasteiger charge is -2.21. The Kier molecular flexibility index (Phi) is 5.40. The first-order chi connectivity index (χ1) is 5.87. The second-order valence-electron chi connectivity index (χ2n) is 3.92. The molecule has 3 nitrogen and oxygen atoms in total. The normalized spacial score (nSPS) is 13.9. The Bertz CT molecular complexity index is 165. The summed E-state index contributed by atoms with van der Waals surface area (Å²) in [6, 6.07) is -0.480. The summed E-state index contributed by atoms with van der Waals surface area (Å²) in [5.74, 6) is 0.585. The van der Waals surface area contributed by atoms with Gasteiger partial charge in [0.2, 0.25) is 0 Å². The highest BCUT2D eigenvalue weighted by molar-refractivity contribution is 7.98. The average molecular weight is 205 g/mol. The molecule has 2 N–H and O–H groups in total. The van der Waals surface area contributed by atoms with Gasteiger partial charge in [-0.25, -0.2) is 0 Å². The van der Waals surface area contributed by atoms with E-state index in [-0.39, 0.29) is 5.97 Å². The van der Waals surface area contributed by atoms with Gasteiger partial charge in [-0.2, -0.15) is 11.8 Å². The highest BCUT2D eigenvalue weighted by Gasteiger charge is 2.21. The lowest BCUT2D eigenvalue weighted by molar-refractivity contribution is -0.156. The van der Waals surface area contributed by atoms with Gasteiger partial charge in [0.15, 0.2) is 0 Å². The third-order valence-corrected chi connectivity index (χ3v) is 1.99. The number of carbonyl (C=O) groups excluding carboxylic acids is 1. The molecule has 0 aliphatic heterocycles. The van der Waals surface area contributed by atoms with Crippen LogP contribution < -0.4 is 5.73 Å². The number of carbonyl (C=O) groups is 1. The third-order valence-electron chi connectivity index (χ3n) is 1.34. The first-order valence-electron chi connectivity index (χ1n) is 4.34. The Labute approximate surface area is 84.4 Å². The third kappa shape index (κ3) is 6.90. The highest BCUT2D eigenvalue weighted by Crippen LogP contribution is 2.09. The monoisotopic (exact) mass is 205 g/mol. The topological polar surface area (TPSA) is 52.3 Å². The summed E-state index contributed by atoms with van der Waals surface area (Å²) < 4.78 is 5.12. The molecular formula is C9H19NO2S. The van der Waals surface area contributed by atoms with E-state index in [0.717, 1.165) is 5.75 Å². The molecule has 0 spiro atoms. The molecule has 0 heterocycles. The van der Waals surface area contributed by atoms with Gasteiger partial charge < -0.3 is 10.5 Å². The zero-order valence-electron chi connectivity index (χ0n) is 8.79. The van der Waals surface area contributed by atoms with Crippen molar-refractivity contribution in [1.29, 1.82) is 0 Å². The van der Waals surface area contributed by atoms with Gasteiger partial charge in [-0.05, 0) is 39.2 Å². The summed E-state index contributed by atoms with van der Waals surface area (Å²) in [7, 11) is 0. The van der Waals surface area contributed by atoms with Gasteiger partial charge >= 0.3 is 5.97 Å². The van der Waals surface area contributed by atoms with Crippen molar-refractivity contribution in [3.8, 4) is 0 Å². The smallest absolute Gasteiger partial charge is 0.323 e. The number of thioether (sulfide) groups is 1. The number of hydrogen-bond acceptors (Lipinski definition) is 4. The SMILES string of the molecule is CSCC[C@@H](N)C(=O)OC(C)(C)C. The van der Waals surface area contributed by atoms with Crippen molar-refractivity contribution in [2.75, 3.05) is 12.0 Å². The fourth-order valence-electron chi connectivity index (χ4n) is 0.740. The van der Waals surface area contributed by atoms with Gasteiger partial charge in [0, 0.05) is 0 Å². The zero-order chi connectivity index (χ0) is 10.5. The van der Waals surface area contributed by atoms with Crippen molar-refractivity contribution in [1.82, 2.24) is 0 Å². The molecule has 0 fully saturated rings. The van der Waals surface area contributed by atoms with Crippen molar-refractivity contribution >= 4 is 17.7 Å². The van der Waals surface area contributed by atoms with Crippen molar-refractivity contribution in [2.45, 2.75) is 38.8 Å². The molecule has 0 aromatic rings. The summed E-state index contributed by atoms with van der Waals surface area (Å²) in [6.07, 6.45) is 2.66. The van der Waals surface area contributed by atoms with E-state index < -0.39 is 11.6 Å². The van der Waals surface area contributed by atoms with Crippen molar-refractivity contribution in [3.05, 3.63) is 0 Å². The van der Waals surface area contributed by atoms with Crippen LogP contribution in [0.3, 0.4) is 0 Å². The van der Waals surface area contributed by atoms with E-state index in [1.807, 2.05) is 27.0 Å². The maximum Gasteiger partial charge on any atom is 0.323 e. The molecule has 0 aliphatic rings. The van der Waals surface area contributed by atoms with Crippen LogP contribution in [0.25, 0.3) is 0 Å². The molecule has 0 bridgehead atoms. The summed E-state index contributed by atoms with van der Waals surface area (Å²) in [5, 5.41) is 0. The van der Waals surface area contributed by atoms with Crippen LogP contribution in [0.15, 0.2) is 0 Å². The fraction of sp³-hybridized carbons (Fsp3) is 0.889. The van der Waals surface area contributed by atoms with Crippen molar-refractivity contribution in [3.63, 3.8) is 0 Å². The first kappa shape index (κ1) is 12.8. The molecule has 0 saturated carbocycles. The Hall–Kier alpha value is -0.220. The zero-order valence-corrected chi connectivity index (χ0v) is 9.61. The minimum Gasteiger partial charge on any atom is -0.459 e. The highest BCUT2D eigenvalue weighted by atomic mass is 32.2. The van der Waals surface area contributed by atoms with Crippen LogP contribution >= 0.6 is 11.8 Å². The molecular weight excluding hydrogens is 186 g/mol. The van der Waals surface area contributed by atoms with Crippen LogP contribution in [-0.2, 0) is 9.53 Å². The van der Waals surface area contributed by atoms with E-state index in [4.69, 9.17) is 10.5 Å². The van der Waals surface area contributed by atoms with Gasteiger partial charge in [-0.15, -0.1) is 0 Å². The van der Waals surface area contributed by atoms with Crippen molar-refractivity contribution < 1.29 is 9.53 Å². The maximum absolute atomic E-state index is 11.3. The Morgan fingerprint density at radius 3 is 2.46 bits per heavy atom. The molecule has 0 saturated heterocycles. The van der Waals surface area contributed by atoms with Crippen LogP contribution in [0.1, 0.15) is 27.2 Å². The van der Waals surface area contributed by atoms with Gasteiger partial charge in [0.1, 0.15) is 11.6 Å². The molecule has 0 rings (SSSR count). The second kappa shape index (κ2) is 5.50. The summed E-state index contributed by atoms with van der Waals surface area (Å²) in [6.45, 7) is 5.52. The number of esters is 1. The van der Waals surface area contributed by atoms with Gasteiger partial charge in [0.25, 0.3) is 0 Å². The number of rotatable bonds is 4. The average Bonchev–Trinajstić information content (AvgIpc) is 1.96. The fourth-order valence-corrected chi connectivity index (χ4v) is 1.23.